The fraction of sp³-hybridized carbons (Fsp3) is 0.471. The average Bonchev–Trinajstić information content (AvgIpc) is 3.00. The van der Waals surface area contributed by atoms with Crippen LogP contribution >= 0.6 is 0 Å². The first-order chi connectivity index (χ1) is 10.1. The van der Waals surface area contributed by atoms with Crippen molar-refractivity contribution < 1.29 is 0 Å². The Bertz CT molecular complexity index is 644. The topological polar surface area (TPSA) is 47.1 Å². The second kappa shape index (κ2) is 5.53. The van der Waals surface area contributed by atoms with Crippen LogP contribution in [0.3, 0.4) is 0 Å². The molecule has 21 heavy (non-hydrogen) atoms. The fourth-order valence-electron chi connectivity index (χ4n) is 3.23. The quantitative estimate of drug-likeness (QED) is 0.939. The summed E-state index contributed by atoms with van der Waals surface area (Å²) >= 11 is 0. The number of aryl methyl sites for hydroxylation is 2. The monoisotopic (exact) mass is 284 g/mol. The van der Waals surface area contributed by atoms with Gasteiger partial charge in [0.25, 0.3) is 0 Å². The lowest BCUT2D eigenvalue weighted by Crippen LogP contribution is -2.24. The molecule has 1 unspecified atom stereocenters. The molecule has 0 saturated carbocycles. The molecule has 3 rings (SSSR count). The van der Waals surface area contributed by atoms with Crippen molar-refractivity contribution in [2.24, 2.45) is 12.8 Å². The molecule has 0 spiro atoms. The second-order valence-electron chi connectivity index (χ2n) is 5.91. The molecule has 0 amide bonds. The lowest BCUT2D eigenvalue weighted by atomic mass is 10.0. The Hall–Kier alpha value is -1.81. The SMILES string of the molecule is CCC(N)Cc1c(C)nn(C)c1N1CCc2ccccc21. The largest absolute Gasteiger partial charge is 0.327 e. The molecule has 112 valence electrons. The molecule has 1 aromatic carbocycles. The molecule has 0 fully saturated rings. The lowest BCUT2D eigenvalue weighted by Gasteiger charge is -2.22. The molecule has 2 heterocycles. The van der Waals surface area contributed by atoms with E-state index in [9.17, 15) is 0 Å². The molecule has 0 radical (unpaired) electrons. The Labute approximate surface area is 126 Å². The van der Waals surface area contributed by atoms with Crippen molar-refractivity contribution >= 4 is 11.5 Å². The zero-order chi connectivity index (χ0) is 15.0. The standard InChI is InChI=1S/C17H24N4/c1-4-14(18)11-15-12(2)19-20(3)17(15)21-10-9-13-7-5-6-8-16(13)21/h5-8,14H,4,9-11,18H2,1-3H3. The van der Waals surface area contributed by atoms with E-state index in [1.54, 1.807) is 0 Å². The van der Waals surface area contributed by atoms with Crippen LogP contribution in [-0.2, 0) is 19.9 Å². The van der Waals surface area contributed by atoms with Gasteiger partial charge in [0.1, 0.15) is 5.82 Å². The van der Waals surface area contributed by atoms with Gasteiger partial charge in [-0.3, -0.25) is 4.68 Å². The van der Waals surface area contributed by atoms with Crippen molar-refractivity contribution in [1.29, 1.82) is 0 Å². The summed E-state index contributed by atoms with van der Waals surface area (Å²) in [6, 6.07) is 8.84. The van der Waals surface area contributed by atoms with Crippen LogP contribution in [0.1, 0.15) is 30.2 Å². The molecule has 4 heteroatoms. The predicted molar refractivity (Wildman–Crippen MR) is 87.1 cm³/mol. The van der Waals surface area contributed by atoms with Crippen LogP contribution in [0.4, 0.5) is 11.5 Å². The summed E-state index contributed by atoms with van der Waals surface area (Å²) in [5.74, 6) is 1.21. The van der Waals surface area contributed by atoms with Gasteiger partial charge in [0, 0.05) is 30.9 Å². The first-order valence-corrected chi connectivity index (χ1v) is 7.75. The highest BCUT2D eigenvalue weighted by Crippen LogP contribution is 2.37. The van der Waals surface area contributed by atoms with Crippen LogP contribution in [0, 0.1) is 6.92 Å². The van der Waals surface area contributed by atoms with Crippen molar-refractivity contribution in [3.63, 3.8) is 0 Å². The Morgan fingerprint density at radius 1 is 1.33 bits per heavy atom. The number of hydrogen-bond acceptors (Lipinski definition) is 3. The van der Waals surface area contributed by atoms with E-state index in [1.807, 2.05) is 11.7 Å². The van der Waals surface area contributed by atoms with Gasteiger partial charge in [0.2, 0.25) is 0 Å². The van der Waals surface area contributed by atoms with E-state index in [0.717, 1.165) is 31.5 Å². The van der Waals surface area contributed by atoms with Gasteiger partial charge in [-0.2, -0.15) is 5.10 Å². The van der Waals surface area contributed by atoms with Crippen LogP contribution in [0.2, 0.25) is 0 Å². The van der Waals surface area contributed by atoms with E-state index in [4.69, 9.17) is 5.73 Å². The highest BCUT2D eigenvalue weighted by molar-refractivity contribution is 5.70. The zero-order valence-corrected chi connectivity index (χ0v) is 13.1. The van der Waals surface area contributed by atoms with E-state index in [1.165, 1.54) is 22.6 Å². The van der Waals surface area contributed by atoms with Gasteiger partial charge in [0.05, 0.1) is 5.69 Å². The van der Waals surface area contributed by atoms with E-state index in [-0.39, 0.29) is 6.04 Å². The van der Waals surface area contributed by atoms with Crippen molar-refractivity contribution in [2.45, 2.75) is 39.2 Å². The average molecular weight is 284 g/mol. The van der Waals surface area contributed by atoms with Crippen LogP contribution in [-0.4, -0.2) is 22.4 Å². The third-order valence-electron chi connectivity index (χ3n) is 4.45. The summed E-state index contributed by atoms with van der Waals surface area (Å²) in [5.41, 5.74) is 11.3. The van der Waals surface area contributed by atoms with Crippen molar-refractivity contribution in [1.82, 2.24) is 9.78 Å². The smallest absolute Gasteiger partial charge is 0.134 e. The van der Waals surface area contributed by atoms with Crippen LogP contribution in [0.25, 0.3) is 0 Å². The molecular formula is C17H24N4. The van der Waals surface area contributed by atoms with Crippen molar-refractivity contribution in [3.05, 3.63) is 41.1 Å². The number of benzene rings is 1. The number of nitrogens with two attached hydrogens (primary N) is 1. The number of anilines is 2. The first kappa shape index (κ1) is 14.1. The maximum absolute atomic E-state index is 6.19. The molecular weight excluding hydrogens is 260 g/mol. The minimum atomic E-state index is 0.199. The molecule has 1 aliphatic heterocycles. The number of rotatable bonds is 4. The second-order valence-corrected chi connectivity index (χ2v) is 5.91. The van der Waals surface area contributed by atoms with E-state index >= 15 is 0 Å². The van der Waals surface area contributed by atoms with Crippen molar-refractivity contribution in [3.8, 4) is 0 Å². The maximum Gasteiger partial charge on any atom is 0.134 e. The zero-order valence-electron chi connectivity index (χ0n) is 13.1. The molecule has 2 aromatic rings. The number of para-hydroxylation sites is 1. The van der Waals surface area contributed by atoms with Crippen molar-refractivity contribution in [2.75, 3.05) is 11.4 Å². The molecule has 0 bridgehead atoms. The van der Waals surface area contributed by atoms with E-state index in [2.05, 4.69) is 48.1 Å². The minimum Gasteiger partial charge on any atom is -0.327 e. The van der Waals surface area contributed by atoms with Gasteiger partial charge in [-0.05, 0) is 37.8 Å². The predicted octanol–water partition coefficient (Wildman–Crippen LogP) is 2.70. The normalized spacial score (nSPS) is 15.3. The lowest BCUT2D eigenvalue weighted by molar-refractivity contribution is 0.643. The summed E-state index contributed by atoms with van der Waals surface area (Å²) in [6.45, 7) is 5.25. The molecule has 1 aliphatic rings. The third-order valence-corrected chi connectivity index (χ3v) is 4.45. The van der Waals surface area contributed by atoms with Gasteiger partial charge in [-0.15, -0.1) is 0 Å². The minimum absolute atomic E-state index is 0.199. The summed E-state index contributed by atoms with van der Waals surface area (Å²) in [4.78, 5) is 2.40. The van der Waals surface area contributed by atoms with E-state index < -0.39 is 0 Å². The van der Waals surface area contributed by atoms with Gasteiger partial charge in [0.15, 0.2) is 0 Å². The number of fused-ring (bicyclic) bond motifs is 1. The Morgan fingerprint density at radius 2 is 2.10 bits per heavy atom. The number of aromatic nitrogens is 2. The first-order valence-electron chi connectivity index (χ1n) is 7.75. The Morgan fingerprint density at radius 3 is 2.86 bits per heavy atom. The van der Waals surface area contributed by atoms with Crippen LogP contribution in [0.15, 0.2) is 24.3 Å². The highest BCUT2D eigenvalue weighted by atomic mass is 15.4. The van der Waals surface area contributed by atoms with Crippen LogP contribution in [0.5, 0.6) is 0 Å². The summed E-state index contributed by atoms with van der Waals surface area (Å²) < 4.78 is 2.01. The Kier molecular flexibility index (Phi) is 3.72. The summed E-state index contributed by atoms with van der Waals surface area (Å²) in [7, 11) is 2.03. The highest BCUT2D eigenvalue weighted by Gasteiger charge is 2.26. The maximum atomic E-state index is 6.19. The molecule has 1 aromatic heterocycles. The van der Waals surface area contributed by atoms with Gasteiger partial charge < -0.3 is 10.6 Å². The molecule has 4 nitrogen and oxygen atoms in total. The van der Waals surface area contributed by atoms with Gasteiger partial charge >= 0.3 is 0 Å². The van der Waals surface area contributed by atoms with E-state index in [0.29, 0.717) is 0 Å². The summed E-state index contributed by atoms with van der Waals surface area (Å²) in [5, 5.41) is 4.64. The number of hydrogen-bond donors (Lipinski definition) is 1. The van der Waals surface area contributed by atoms with Crippen LogP contribution < -0.4 is 10.6 Å². The molecule has 1 atom stereocenters. The van der Waals surface area contributed by atoms with Gasteiger partial charge in [-0.1, -0.05) is 25.1 Å². The van der Waals surface area contributed by atoms with Gasteiger partial charge in [-0.25, -0.2) is 0 Å². The molecule has 0 aliphatic carbocycles. The molecule has 2 N–H and O–H groups in total. The fourth-order valence-corrected chi connectivity index (χ4v) is 3.23. The number of nitrogens with zero attached hydrogens (tertiary/aromatic N) is 3. The Balaban J connectivity index is 2.03. The molecule has 0 saturated heterocycles. The summed E-state index contributed by atoms with van der Waals surface area (Å²) in [6.07, 6.45) is 2.98. The third kappa shape index (κ3) is 2.44.